The first-order valence-electron chi connectivity index (χ1n) is 19.2. The molecule has 8 aromatic carbocycles. The lowest BCUT2D eigenvalue weighted by atomic mass is 10.0. The molecule has 0 spiro atoms. The van der Waals surface area contributed by atoms with Gasteiger partial charge in [-0.05, 0) is 83.9 Å². The fraction of sp³-hybridized carbons (Fsp3) is 0. The molecule has 0 unspecified atom stereocenters. The van der Waals surface area contributed by atoms with Gasteiger partial charge in [0.15, 0.2) is 0 Å². The van der Waals surface area contributed by atoms with Crippen LogP contribution in [0.1, 0.15) is 0 Å². The molecule has 12 rings (SSSR count). The molecule has 0 aliphatic carbocycles. The highest BCUT2D eigenvalue weighted by Crippen LogP contribution is 2.43. The third-order valence-corrected chi connectivity index (χ3v) is 11.5. The monoisotopic (exact) mass is 714 g/mol. The van der Waals surface area contributed by atoms with Crippen LogP contribution in [0.5, 0.6) is 0 Å². The van der Waals surface area contributed by atoms with Crippen molar-refractivity contribution in [3.05, 3.63) is 206 Å². The molecular weight excluding hydrogens is 681 g/mol. The first kappa shape index (κ1) is 30.9. The van der Waals surface area contributed by atoms with Crippen molar-refractivity contribution in [3.63, 3.8) is 0 Å². The predicted molar refractivity (Wildman–Crippen MR) is 234 cm³/mol. The second kappa shape index (κ2) is 12.0. The number of fused-ring (bicyclic) bond motifs is 10. The fourth-order valence-corrected chi connectivity index (χ4v) is 9.24. The van der Waals surface area contributed by atoms with Crippen molar-refractivity contribution < 1.29 is 0 Å². The molecule has 4 nitrogen and oxygen atoms in total. The van der Waals surface area contributed by atoms with Crippen LogP contribution in [0.3, 0.4) is 0 Å². The summed E-state index contributed by atoms with van der Waals surface area (Å²) in [5.41, 5.74) is 14.0. The molecule has 56 heavy (non-hydrogen) atoms. The van der Waals surface area contributed by atoms with Crippen LogP contribution in [0, 0.1) is 0 Å². The number of aromatic nitrogens is 4. The Bertz CT molecular complexity index is 3230. The lowest BCUT2D eigenvalue weighted by molar-refractivity contribution is 1.07. The number of benzene rings is 8. The minimum absolute atomic E-state index is 1.12. The molecule has 0 aliphatic heterocycles. The third-order valence-electron chi connectivity index (χ3n) is 11.5. The number of hydrogen-bond acceptors (Lipinski definition) is 0. The SMILES string of the molecule is c1ccc(-n2c3ccccc3c3c4ccccc4n(-c4cccc(-c5cccc(-n6c7ccccc7c7c8ccccc8n(-c8ccccc8)c76)c5)c4)c32)cc1. The molecule has 0 N–H and O–H groups in total. The summed E-state index contributed by atoms with van der Waals surface area (Å²) in [4.78, 5) is 0. The minimum atomic E-state index is 1.12. The van der Waals surface area contributed by atoms with E-state index in [1.165, 1.54) is 65.7 Å². The second-order valence-corrected chi connectivity index (χ2v) is 14.6. The van der Waals surface area contributed by atoms with E-state index in [1.807, 2.05) is 0 Å². The number of hydrogen-bond donors (Lipinski definition) is 0. The Kier molecular flexibility index (Phi) is 6.60. The van der Waals surface area contributed by atoms with Crippen LogP contribution in [0.4, 0.5) is 0 Å². The third kappa shape index (κ3) is 4.35. The van der Waals surface area contributed by atoms with Gasteiger partial charge in [0.25, 0.3) is 0 Å². The van der Waals surface area contributed by atoms with Gasteiger partial charge in [-0.15, -0.1) is 0 Å². The molecule has 4 heterocycles. The zero-order chi connectivity index (χ0) is 36.7. The predicted octanol–water partition coefficient (Wildman–Crippen LogP) is 13.4. The van der Waals surface area contributed by atoms with Crippen LogP contribution in [0.25, 0.3) is 99.6 Å². The highest BCUT2D eigenvalue weighted by Gasteiger charge is 2.24. The van der Waals surface area contributed by atoms with Crippen LogP contribution in [0.2, 0.25) is 0 Å². The van der Waals surface area contributed by atoms with Crippen molar-refractivity contribution in [2.24, 2.45) is 0 Å². The summed E-state index contributed by atoms with van der Waals surface area (Å²) in [5, 5.41) is 7.54. The largest absolute Gasteiger partial charge is 0.295 e. The summed E-state index contributed by atoms with van der Waals surface area (Å²) in [6.45, 7) is 0. The van der Waals surface area contributed by atoms with Gasteiger partial charge in [0.1, 0.15) is 11.3 Å². The highest BCUT2D eigenvalue weighted by molar-refractivity contribution is 6.23. The van der Waals surface area contributed by atoms with Gasteiger partial charge in [-0.1, -0.05) is 133 Å². The maximum Gasteiger partial charge on any atom is 0.131 e. The first-order valence-corrected chi connectivity index (χ1v) is 19.2. The van der Waals surface area contributed by atoms with Gasteiger partial charge in [-0.2, -0.15) is 0 Å². The Balaban J connectivity index is 1.10. The van der Waals surface area contributed by atoms with E-state index in [0.717, 1.165) is 33.9 Å². The van der Waals surface area contributed by atoms with Crippen molar-refractivity contribution in [1.29, 1.82) is 0 Å². The Morgan fingerprint density at radius 3 is 0.875 bits per heavy atom. The van der Waals surface area contributed by atoms with E-state index < -0.39 is 0 Å². The average Bonchev–Trinajstić information content (AvgIpc) is 3.99. The molecule has 0 radical (unpaired) electrons. The summed E-state index contributed by atoms with van der Waals surface area (Å²) < 4.78 is 9.75. The van der Waals surface area contributed by atoms with Gasteiger partial charge in [-0.3, -0.25) is 18.3 Å². The van der Waals surface area contributed by atoms with E-state index in [1.54, 1.807) is 0 Å². The van der Waals surface area contributed by atoms with Crippen LogP contribution < -0.4 is 0 Å². The summed E-state index contributed by atoms with van der Waals surface area (Å²) in [7, 11) is 0. The van der Waals surface area contributed by atoms with Crippen molar-refractivity contribution in [2.45, 2.75) is 0 Å². The van der Waals surface area contributed by atoms with Crippen molar-refractivity contribution in [2.75, 3.05) is 0 Å². The summed E-state index contributed by atoms with van der Waals surface area (Å²) >= 11 is 0. The first-order chi connectivity index (χ1) is 27.8. The standard InChI is InChI=1S/C52H34N4/c1-3-19-37(20-4-1)53-45-29-11-7-25-41(45)49-43-27-9-13-31-47(43)55(51(49)53)39-23-15-17-35(33-39)36-18-16-24-40(34-36)56-48-32-14-10-28-44(48)50-42-26-8-12-30-46(42)54(52(50)56)38-21-5-2-6-22-38/h1-34H. The summed E-state index contributed by atoms with van der Waals surface area (Å²) in [6.07, 6.45) is 0. The fourth-order valence-electron chi connectivity index (χ4n) is 9.24. The van der Waals surface area contributed by atoms with Crippen molar-refractivity contribution in [3.8, 4) is 33.9 Å². The normalized spacial score (nSPS) is 11.9. The lowest BCUT2D eigenvalue weighted by Gasteiger charge is -2.15. The van der Waals surface area contributed by atoms with Crippen molar-refractivity contribution in [1.82, 2.24) is 18.3 Å². The van der Waals surface area contributed by atoms with E-state index >= 15 is 0 Å². The van der Waals surface area contributed by atoms with Gasteiger partial charge < -0.3 is 0 Å². The number of para-hydroxylation sites is 6. The molecule has 0 bridgehead atoms. The maximum absolute atomic E-state index is 2.45. The highest BCUT2D eigenvalue weighted by atomic mass is 15.1. The Hall–Kier alpha value is -7.56. The second-order valence-electron chi connectivity index (χ2n) is 14.6. The molecule has 0 saturated heterocycles. The number of nitrogens with zero attached hydrogens (tertiary/aromatic N) is 4. The number of rotatable bonds is 5. The molecule has 0 aliphatic rings. The Morgan fingerprint density at radius 1 is 0.232 bits per heavy atom. The van der Waals surface area contributed by atoms with Gasteiger partial charge in [0.2, 0.25) is 0 Å². The van der Waals surface area contributed by atoms with Crippen LogP contribution >= 0.6 is 0 Å². The van der Waals surface area contributed by atoms with E-state index in [9.17, 15) is 0 Å². The molecule has 0 saturated carbocycles. The molecule has 12 aromatic rings. The van der Waals surface area contributed by atoms with E-state index in [-0.39, 0.29) is 0 Å². The van der Waals surface area contributed by atoms with E-state index in [0.29, 0.717) is 0 Å². The average molecular weight is 715 g/mol. The van der Waals surface area contributed by atoms with Gasteiger partial charge in [-0.25, -0.2) is 0 Å². The zero-order valence-electron chi connectivity index (χ0n) is 30.4. The molecule has 4 heteroatoms. The quantitative estimate of drug-likeness (QED) is 0.169. The van der Waals surface area contributed by atoms with Crippen molar-refractivity contribution >= 4 is 65.7 Å². The topological polar surface area (TPSA) is 19.7 Å². The van der Waals surface area contributed by atoms with Crippen LogP contribution in [0.15, 0.2) is 206 Å². The minimum Gasteiger partial charge on any atom is -0.295 e. The molecular formula is C52H34N4. The van der Waals surface area contributed by atoms with E-state index in [4.69, 9.17) is 0 Å². The Labute approximate surface area is 322 Å². The van der Waals surface area contributed by atoms with Gasteiger partial charge in [0, 0.05) is 55.1 Å². The molecule has 0 fully saturated rings. The van der Waals surface area contributed by atoms with Gasteiger partial charge >= 0.3 is 0 Å². The Morgan fingerprint density at radius 2 is 0.518 bits per heavy atom. The maximum atomic E-state index is 2.45. The smallest absolute Gasteiger partial charge is 0.131 e. The van der Waals surface area contributed by atoms with Crippen LogP contribution in [-0.2, 0) is 0 Å². The van der Waals surface area contributed by atoms with Crippen LogP contribution in [-0.4, -0.2) is 18.3 Å². The molecule has 262 valence electrons. The summed E-state index contributed by atoms with van der Waals surface area (Å²) in [6, 6.07) is 74.8. The molecule has 4 aromatic heterocycles. The van der Waals surface area contributed by atoms with E-state index in [2.05, 4.69) is 225 Å². The molecule has 0 atom stereocenters. The molecule has 0 amide bonds. The zero-order valence-corrected chi connectivity index (χ0v) is 30.4. The van der Waals surface area contributed by atoms with Gasteiger partial charge in [0.05, 0.1) is 22.1 Å². The lowest BCUT2D eigenvalue weighted by Crippen LogP contribution is -2.02. The summed E-state index contributed by atoms with van der Waals surface area (Å²) in [5.74, 6) is 0.